The standard InChI is InChI=1S/C26H32N4O3S/c1-25(10-3-2-4-11-25)22(31)29-13-7-20(8-14-29)26(21-6-5-12-27-16-21)23(32)30(24(33)28-26)17-19-9-15-34-18-19/h5-6,9,12,15-16,18,20H,2-4,7-8,10-11,13-14,17H2,1H3,(H,28,33)/t26-/m1/s1. The maximum Gasteiger partial charge on any atom is 0.325 e. The van der Waals surface area contributed by atoms with Gasteiger partial charge in [0, 0.05) is 36.5 Å². The third kappa shape index (κ3) is 3.91. The van der Waals surface area contributed by atoms with Gasteiger partial charge in [-0.15, -0.1) is 0 Å². The Morgan fingerprint density at radius 1 is 1.18 bits per heavy atom. The third-order valence-electron chi connectivity index (χ3n) is 8.04. The zero-order valence-electron chi connectivity index (χ0n) is 19.7. The van der Waals surface area contributed by atoms with E-state index in [9.17, 15) is 14.4 Å². The van der Waals surface area contributed by atoms with Gasteiger partial charge in [-0.2, -0.15) is 11.3 Å². The zero-order chi connectivity index (χ0) is 23.8. The summed E-state index contributed by atoms with van der Waals surface area (Å²) >= 11 is 1.55. The lowest BCUT2D eigenvalue weighted by atomic mass is 9.72. The van der Waals surface area contributed by atoms with Crippen molar-refractivity contribution in [1.29, 1.82) is 0 Å². The number of hydrogen-bond donors (Lipinski definition) is 1. The van der Waals surface area contributed by atoms with E-state index in [0.29, 0.717) is 31.5 Å². The third-order valence-corrected chi connectivity index (χ3v) is 8.77. The molecule has 0 aromatic carbocycles. The number of imide groups is 1. The first kappa shape index (κ1) is 23.0. The molecule has 2 aliphatic heterocycles. The fraction of sp³-hybridized carbons (Fsp3) is 0.538. The summed E-state index contributed by atoms with van der Waals surface area (Å²) in [5.74, 6) is -0.0773. The Morgan fingerprint density at radius 3 is 2.59 bits per heavy atom. The Labute approximate surface area is 204 Å². The van der Waals surface area contributed by atoms with Gasteiger partial charge in [-0.25, -0.2) is 4.79 Å². The lowest BCUT2D eigenvalue weighted by Gasteiger charge is -2.44. The van der Waals surface area contributed by atoms with Crippen LogP contribution in [0.15, 0.2) is 41.4 Å². The molecule has 1 saturated carbocycles. The van der Waals surface area contributed by atoms with Crippen molar-refractivity contribution in [1.82, 2.24) is 20.1 Å². The minimum atomic E-state index is -1.15. The van der Waals surface area contributed by atoms with Crippen LogP contribution in [0.5, 0.6) is 0 Å². The molecule has 4 heterocycles. The summed E-state index contributed by atoms with van der Waals surface area (Å²) in [7, 11) is 0. The molecule has 0 unspecified atom stereocenters. The van der Waals surface area contributed by atoms with Crippen molar-refractivity contribution in [3.63, 3.8) is 0 Å². The molecular weight excluding hydrogens is 448 g/mol. The minimum absolute atomic E-state index is 0.108. The molecule has 2 saturated heterocycles. The predicted octanol–water partition coefficient (Wildman–Crippen LogP) is 4.30. The van der Waals surface area contributed by atoms with Crippen LogP contribution in [-0.2, 0) is 21.7 Å². The Bertz CT molecular complexity index is 1040. The summed E-state index contributed by atoms with van der Waals surface area (Å²) in [5.41, 5.74) is 0.244. The smallest absolute Gasteiger partial charge is 0.325 e. The van der Waals surface area contributed by atoms with Gasteiger partial charge in [0.15, 0.2) is 5.54 Å². The maximum absolute atomic E-state index is 13.9. The Kier molecular flexibility index (Phi) is 6.18. The van der Waals surface area contributed by atoms with Gasteiger partial charge in [-0.1, -0.05) is 32.3 Å². The molecule has 0 radical (unpaired) electrons. The number of likely N-dealkylation sites (tertiary alicyclic amines) is 1. The van der Waals surface area contributed by atoms with E-state index in [0.717, 1.165) is 31.2 Å². The zero-order valence-corrected chi connectivity index (χ0v) is 20.5. The van der Waals surface area contributed by atoms with Gasteiger partial charge >= 0.3 is 6.03 Å². The average molecular weight is 481 g/mol. The molecule has 7 nitrogen and oxygen atoms in total. The highest BCUT2D eigenvalue weighted by Gasteiger charge is 2.57. The monoisotopic (exact) mass is 480 g/mol. The molecule has 1 aliphatic carbocycles. The van der Waals surface area contributed by atoms with Crippen LogP contribution < -0.4 is 5.32 Å². The molecule has 5 rings (SSSR count). The average Bonchev–Trinajstić information content (AvgIpc) is 3.47. The van der Waals surface area contributed by atoms with Crippen LogP contribution in [0, 0.1) is 11.3 Å². The van der Waals surface area contributed by atoms with Crippen molar-refractivity contribution in [3.05, 3.63) is 52.5 Å². The highest BCUT2D eigenvalue weighted by atomic mass is 32.1. The Morgan fingerprint density at radius 2 is 1.94 bits per heavy atom. The van der Waals surface area contributed by atoms with Crippen LogP contribution in [0.2, 0.25) is 0 Å². The first-order chi connectivity index (χ1) is 16.4. The number of rotatable bonds is 5. The number of carbonyl (C=O) groups is 3. The molecule has 3 aliphatic rings. The summed E-state index contributed by atoms with van der Waals surface area (Å²) in [4.78, 5) is 47.9. The van der Waals surface area contributed by atoms with Gasteiger partial charge in [0.2, 0.25) is 5.91 Å². The van der Waals surface area contributed by atoms with Crippen molar-refractivity contribution < 1.29 is 14.4 Å². The van der Waals surface area contributed by atoms with E-state index in [1.165, 1.54) is 11.3 Å². The molecule has 8 heteroatoms. The lowest BCUT2D eigenvalue weighted by Crippen LogP contribution is -2.55. The lowest BCUT2D eigenvalue weighted by molar-refractivity contribution is -0.145. The van der Waals surface area contributed by atoms with Crippen LogP contribution in [0.4, 0.5) is 4.79 Å². The molecule has 1 atom stereocenters. The minimum Gasteiger partial charge on any atom is -0.342 e. The van der Waals surface area contributed by atoms with Gasteiger partial charge in [0.1, 0.15) is 0 Å². The van der Waals surface area contributed by atoms with E-state index in [1.807, 2.05) is 27.8 Å². The number of nitrogens with one attached hydrogen (secondary N) is 1. The maximum atomic E-state index is 13.9. The largest absolute Gasteiger partial charge is 0.342 e. The molecule has 0 spiro atoms. The highest BCUT2D eigenvalue weighted by Crippen LogP contribution is 2.43. The van der Waals surface area contributed by atoms with Crippen LogP contribution in [0.3, 0.4) is 0 Å². The Balaban J connectivity index is 1.38. The second kappa shape index (κ2) is 9.13. The van der Waals surface area contributed by atoms with Crippen molar-refractivity contribution in [2.75, 3.05) is 13.1 Å². The Hall–Kier alpha value is -2.74. The van der Waals surface area contributed by atoms with E-state index in [-0.39, 0.29) is 35.7 Å². The van der Waals surface area contributed by atoms with Crippen molar-refractivity contribution in [2.24, 2.45) is 11.3 Å². The summed E-state index contributed by atoms with van der Waals surface area (Å²) in [6.07, 6.45) is 10.0. The SMILES string of the molecule is CC1(C(=O)N2CCC([C@]3(c4cccnc4)NC(=O)N(Cc4ccsc4)C3=O)CC2)CCCCC1. The van der Waals surface area contributed by atoms with Gasteiger partial charge < -0.3 is 10.2 Å². The van der Waals surface area contributed by atoms with Crippen LogP contribution in [0.1, 0.15) is 63.0 Å². The number of carbonyl (C=O) groups excluding carboxylic acids is 3. The number of nitrogens with zero attached hydrogens (tertiary/aromatic N) is 3. The number of urea groups is 1. The van der Waals surface area contributed by atoms with E-state index >= 15 is 0 Å². The fourth-order valence-corrected chi connectivity index (χ4v) is 6.71. The topological polar surface area (TPSA) is 82.6 Å². The fourth-order valence-electron chi connectivity index (χ4n) is 6.05. The number of thiophene rings is 1. The van der Waals surface area contributed by atoms with Crippen LogP contribution >= 0.6 is 11.3 Å². The summed E-state index contributed by atoms with van der Waals surface area (Å²) < 4.78 is 0. The van der Waals surface area contributed by atoms with E-state index in [4.69, 9.17) is 0 Å². The van der Waals surface area contributed by atoms with Crippen molar-refractivity contribution in [2.45, 2.75) is 64.0 Å². The first-order valence-electron chi connectivity index (χ1n) is 12.3. The van der Waals surface area contributed by atoms with E-state index in [1.54, 1.807) is 29.8 Å². The van der Waals surface area contributed by atoms with Crippen LogP contribution in [-0.4, -0.2) is 45.7 Å². The number of amides is 4. The second-order valence-electron chi connectivity index (χ2n) is 10.2. The normalized spacial score (nSPS) is 25.4. The quantitative estimate of drug-likeness (QED) is 0.647. The summed E-state index contributed by atoms with van der Waals surface area (Å²) in [6.45, 7) is 3.58. The molecule has 34 heavy (non-hydrogen) atoms. The number of piperidine rings is 1. The predicted molar refractivity (Wildman–Crippen MR) is 130 cm³/mol. The second-order valence-corrected chi connectivity index (χ2v) is 11.0. The number of hydrogen-bond acceptors (Lipinski definition) is 5. The van der Waals surface area contributed by atoms with E-state index < -0.39 is 5.54 Å². The molecule has 0 bridgehead atoms. The molecule has 4 amide bonds. The summed E-state index contributed by atoms with van der Waals surface area (Å²) in [5, 5.41) is 6.98. The molecule has 180 valence electrons. The van der Waals surface area contributed by atoms with Gasteiger partial charge in [-0.3, -0.25) is 19.5 Å². The number of pyridine rings is 1. The highest BCUT2D eigenvalue weighted by molar-refractivity contribution is 7.07. The van der Waals surface area contributed by atoms with Gasteiger partial charge in [-0.05, 0) is 60.1 Å². The first-order valence-corrected chi connectivity index (χ1v) is 13.2. The molecular formula is C26H32N4O3S. The van der Waals surface area contributed by atoms with Crippen LogP contribution in [0.25, 0.3) is 0 Å². The molecule has 2 aromatic heterocycles. The number of aromatic nitrogens is 1. The molecule has 3 fully saturated rings. The van der Waals surface area contributed by atoms with Crippen molar-refractivity contribution in [3.8, 4) is 0 Å². The summed E-state index contributed by atoms with van der Waals surface area (Å²) in [6, 6.07) is 5.25. The van der Waals surface area contributed by atoms with Gasteiger partial charge in [0.05, 0.1) is 6.54 Å². The van der Waals surface area contributed by atoms with Gasteiger partial charge in [0.25, 0.3) is 5.91 Å². The van der Waals surface area contributed by atoms with E-state index in [2.05, 4.69) is 17.2 Å². The van der Waals surface area contributed by atoms with Crippen molar-refractivity contribution >= 4 is 29.2 Å². The molecule has 2 aromatic rings. The molecule has 1 N–H and O–H groups in total.